The van der Waals surface area contributed by atoms with Gasteiger partial charge < -0.3 is 19.3 Å². The molecule has 0 aliphatic carbocycles. The summed E-state index contributed by atoms with van der Waals surface area (Å²) in [6.45, 7) is 4.80. The number of rotatable bonds is 15. The lowest BCUT2D eigenvalue weighted by Crippen LogP contribution is -2.52. The molecule has 0 fully saturated rings. The van der Waals surface area contributed by atoms with Crippen LogP contribution in [-0.2, 0) is 22.6 Å². The van der Waals surface area contributed by atoms with Crippen LogP contribution in [0.5, 0.6) is 11.5 Å². The van der Waals surface area contributed by atoms with Gasteiger partial charge in [0.15, 0.2) is 11.6 Å². The first-order chi connectivity index (χ1) is 20.5. The summed E-state index contributed by atoms with van der Waals surface area (Å²) >= 11 is 0. The van der Waals surface area contributed by atoms with E-state index in [4.69, 9.17) is 29.8 Å². The van der Waals surface area contributed by atoms with E-state index in [1.54, 1.807) is 37.5 Å². The van der Waals surface area contributed by atoms with Crippen LogP contribution in [-0.4, -0.2) is 42.8 Å². The zero-order valence-corrected chi connectivity index (χ0v) is 23.4. The highest BCUT2D eigenvalue weighted by atomic mass is 16.5. The summed E-state index contributed by atoms with van der Waals surface area (Å²) in [4.78, 5) is 21.8. The molecule has 1 aliphatic rings. The zero-order chi connectivity index (χ0) is 29.8. The van der Waals surface area contributed by atoms with E-state index in [0.717, 1.165) is 16.9 Å². The number of carbonyl (C=O) groups excluding carboxylic acids is 1. The Bertz CT molecular complexity index is 1440. The highest BCUT2D eigenvalue weighted by molar-refractivity contribution is 6.01. The standard InChI is InChI=1S/C31H34N6O5/c1-3-17-31(30(39)36-33-20-22-9-13-25(40-2)14-10-22)28(27-8-5-4-7-24(27)21-34-37-32)42-29(35-31)23-11-15-26(16-12-23)41-19-6-18-38/h3-5,7-16,28,33,38H,1,6,17-21H2,2H3,(H,36,39)/t28-,31-/m0/s1. The molecule has 3 N–H and O–H groups in total. The molecular formula is C31H34N6O5. The molecule has 3 aromatic rings. The highest BCUT2D eigenvalue weighted by Crippen LogP contribution is 2.44. The van der Waals surface area contributed by atoms with E-state index < -0.39 is 17.6 Å². The molecule has 218 valence electrons. The Labute approximate surface area is 244 Å². The fourth-order valence-electron chi connectivity index (χ4n) is 4.63. The second-order valence-corrected chi connectivity index (χ2v) is 9.53. The fraction of sp³-hybridized carbons (Fsp3) is 0.290. The molecule has 0 bridgehead atoms. The predicted octanol–water partition coefficient (Wildman–Crippen LogP) is 4.92. The van der Waals surface area contributed by atoms with E-state index >= 15 is 0 Å². The van der Waals surface area contributed by atoms with Crippen LogP contribution in [0.15, 0.2) is 95.6 Å². The second kappa shape index (κ2) is 14.7. The van der Waals surface area contributed by atoms with E-state index in [2.05, 4.69) is 27.5 Å². The lowest BCUT2D eigenvalue weighted by Gasteiger charge is -2.30. The number of nitrogens with one attached hydrogen (secondary N) is 2. The number of carbonyl (C=O) groups is 1. The maximum Gasteiger partial charge on any atom is 0.266 e. The largest absolute Gasteiger partial charge is 0.497 e. The van der Waals surface area contributed by atoms with Gasteiger partial charge in [-0.25, -0.2) is 10.4 Å². The van der Waals surface area contributed by atoms with Gasteiger partial charge in [0.2, 0.25) is 5.90 Å². The van der Waals surface area contributed by atoms with Crippen LogP contribution in [0.1, 0.15) is 41.2 Å². The fourth-order valence-corrected chi connectivity index (χ4v) is 4.63. The van der Waals surface area contributed by atoms with Crippen LogP contribution >= 0.6 is 0 Å². The normalized spacial score (nSPS) is 17.4. The molecule has 1 aliphatic heterocycles. The molecule has 0 saturated heterocycles. The smallest absolute Gasteiger partial charge is 0.266 e. The number of azide groups is 1. The van der Waals surface area contributed by atoms with Gasteiger partial charge in [0.05, 0.1) is 20.3 Å². The minimum absolute atomic E-state index is 0.0493. The van der Waals surface area contributed by atoms with Gasteiger partial charge in [-0.15, -0.1) is 6.58 Å². The number of hydrogen-bond donors (Lipinski definition) is 3. The molecule has 1 amide bonds. The third kappa shape index (κ3) is 7.08. The van der Waals surface area contributed by atoms with Crippen molar-refractivity contribution >= 4 is 11.8 Å². The Hall–Kier alpha value is -4.83. The van der Waals surface area contributed by atoms with Crippen molar-refractivity contribution < 1.29 is 24.1 Å². The van der Waals surface area contributed by atoms with Crippen LogP contribution in [0, 0.1) is 0 Å². The van der Waals surface area contributed by atoms with E-state index in [0.29, 0.717) is 36.4 Å². The highest BCUT2D eigenvalue weighted by Gasteiger charge is 2.53. The molecular weight excluding hydrogens is 536 g/mol. The first kappa shape index (κ1) is 30.1. The summed E-state index contributed by atoms with van der Waals surface area (Å²) in [5, 5.41) is 12.7. The Morgan fingerprint density at radius 1 is 1.17 bits per heavy atom. The topological polar surface area (TPSA) is 150 Å². The van der Waals surface area contributed by atoms with Gasteiger partial charge in [-0.05, 0) is 58.6 Å². The Morgan fingerprint density at radius 2 is 1.90 bits per heavy atom. The number of nitrogens with zero attached hydrogens (tertiary/aromatic N) is 4. The molecule has 0 saturated carbocycles. The number of aliphatic hydroxyl groups excluding tert-OH is 1. The zero-order valence-electron chi connectivity index (χ0n) is 23.4. The van der Waals surface area contributed by atoms with Crippen LogP contribution < -0.4 is 20.3 Å². The van der Waals surface area contributed by atoms with Gasteiger partial charge in [0.1, 0.15) is 11.5 Å². The molecule has 11 nitrogen and oxygen atoms in total. The first-order valence-electron chi connectivity index (χ1n) is 13.5. The SMILES string of the molecule is C=CC[C@]1(C(=O)NNCc2ccc(OC)cc2)N=C(c2ccc(OCCCO)cc2)O[C@H]1c1ccccc1CN=[N+]=[N-]. The summed E-state index contributed by atoms with van der Waals surface area (Å²) in [5.74, 6) is 1.26. The summed E-state index contributed by atoms with van der Waals surface area (Å²) in [5.41, 5.74) is 16.4. The van der Waals surface area contributed by atoms with Crippen molar-refractivity contribution in [2.45, 2.75) is 37.6 Å². The summed E-state index contributed by atoms with van der Waals surface area (Å²) < 4.78 is 17.3. The van der Waals surface area contributed by atoms with Crippen molar-refractivity contribution in [1.82, 2.24) is 10.9 Å². The predicted molar refractivity (Wildman–Crippen MR) is 159 cm³/mol. The third-order valence-electron chi connectivity index (χ3n) is 6.78. The number of aliphatic imine (C=N–C) groups is 1. The lowest BCUT2D eigenvalue weighted by molar-refractivity contribution is -0.129. The van der Waals surface area contributed by atoms with Crippen molar-refractivity contribution in [3.05, 3.63) is 118 Å². The monoisotopic (exact) mass is 570 g/mol. The van der Waals surface area contributed by atoms with Gasteiger partial charge >= 0.3 is 0 Å². The van der Waals surface area contributed by atoms with E-state index in [1.165, 1.54) is 0 Å². The molecule has 0 unspecified atom stereocenters. The van der Waals surface area contributed by atoms with E-state index in [-0.39, 0.29) is 25.5 Å². The molecule has 11 heteroatoms. The molecule has 4 rings (SSSR count). The Morgan fingerprint density at radius 3 is 2.60 bits per heavy atom. The second-order valence-electron chi connectivity index (χ2n) is 9.53. The number of benzene rings is 3. The number of hydrazine groups is 1. The van der Waals surface area contributed by atoms with Gasteiger partial charge in [-0.2, -0.15) is 0 Å². The maximum atomic E-state index is 14.0. The van der Waals surface area contributed by atoms with Gasteiger partial charge in [0, 0.05) is 36.5 Å². The third-order valence-corrected chi connectivity index (χ3v) is 6.78. The molecule has 42 heavy (non-hydrogen) atoms. The maximum absolute atomic E-state index is 14.0. The van der Waals surface area contributed by atoms with E-state index in [1.807, 2.05) is 48.5 Å². The Balaban J connectivity index is 1.65. The molecule has 1 heterocycles. The molecule has 0 radical (unpaired) electrons. The van der Waals surface area contributed by atoms with Crippen LogP contribution in [0.2, 0.25) is 0 Å². The molecule has 0 aromatic heterocycles. The number of ether oxygens (including phenoxy) is 3. The van der Waals surface area contributed by atoms with Crippen LogP contribution in [0.4, 0.5) is 0 Å². The van der Waals surface area contributed by atoms with Crippen molar-refractivity contribution in [1.29, 1.82) is 0 Å². The van der Waals surface area contributed by atoms with Gasteiger partial charge in [0.25, 0.3) is 5.91 Å². The molecule has 0 spiro atoms. The first-order valence-corrected chi connectivity index (χ1v) is 13.5. The van der Waals surface area contributed by atoms with E-state index in [9.17, 15) is 4.79 Å². The van der Waals surface area contributed by atoms with Gasteiger partial charge in [-0.1, -0.05) is 47.6 Å². The molecule has 2 atom stereocenters. The quantitative estimate of drug-likeness (QED) is 0.0589. The summed E-state index contributed by atoms with van der Waals surface area (Å²) in [6, 6.07) is 22.0. The van der Waals surface area contributed by atoms with Crippen molar-refractivity contribution in [3.8, 4) is 11.5 Å². The van der Waals surface area contributed by atoms with Crippen LogP contribution in [0.3, 0.4) is 0 Å². The number of aliphatic hydroxyl groups is 1. The minimum Gasteiger partial charge on any atom is -0.497 e. The summed E-state index contributed by atoms with van der Waals surface area (Å²) in [7, 11) is 1.60. The van der Waals surface area contributed by atoms with Crippen molar-refractivity contribution in [2.75, 3.05) is 20.3 Å². The number of methoxy groups -OCH3 is 1. The van der Waals surface area contributed by atoms with Crippen LogP contribution in [0.25, 0.3) is 10.4 Å². The number of hydrogen-bond acceptors (Lipinski definition) is 8. The Kier molecular flexibility index (Phi) is 10.5. The number of amides is 1. The minimum atomic E-state index is -1.41. The molecule has 3 aromatic carbocycles. The van der Waals surface area contributed by atoms with Crippen molar-refractivity contribution in [3.63, 3.8) is 0 Å². The average Bonchev–Trinajstić information content (AvgIpc) is 3.41. The van der Waals surface area contributed by atoms with Gasteiger partial charge in [-0.3, -0.25) is 10.2 Å². The lowest BCUT2D eigenvalue weighted by atomic mass is 9.83. The van der Waals surface area contributed by atoms with Crippen molar-refractivity contribution in [2.24, 2.45) is 10.1 Å². The average molecular weight is 571 g/mol. The summed E-state index contributed by atoms with van der Waals surface area (Å²) in [6.07, 6.45) is 1.51.